The summed E-state index contributed by atoms with van der Waals surface area (Å²) in [6.07, 6.45) is -3.48. The molecule has 104 valence electrons. The summed E-state index contributed by atoms with van der Waals surface area (Å²) in [5, 5.41) is 9.40. The van der Waals surface area contributed by atoms with Crippen LogP contribution in [0.15, 0.2) is 35.9 Å². The number of alkyl halides is 3. The van der Waals surface area contributed by atoms with Crippen LogP contribution in [0, 0.1) is 0 Å². The summed E-state index contributed by atoms with van der Waals surface area (Å²) in [5.74, 6) is 0. The van der Waals surface area contributed by atoms with Crippen molar-refractivity contribution in [1.29, 1.82) is 0 Å². The van der Waals surface area contributed by atoms with Gasteiger partial charge in [0.05, 0.1) is 6.10 Å². The predicted molar refractivity (Wildman–Crippen MR) is 68.0 cm³/mol. The molecule has 1 atom stereocenters. The maximum absolute atomic E-state index is 12.5. The molecule has 0 amide bonds. The fourth-order valence-electron chi connectivity index (χ4n) is 2.12. The highest BCUT2D eigenvalue weighted by molar-refractivity contribution is 5.49. The van der Waals surface area contributed by atoms with Crippen LogP contribution in [0.25, 0.3) is 0 Å². The Morgan fingerprint density at radius 3 is 2.26 bits per heavy atom. The molecule has 2 rings (SSSR count). The largest absolute Gasteiger partial charge is 0.412 e. The molecular weight excluding hydrogens is 255 g/mol. The molecule has 0 radical (unpaired) electrons. The SMILES string of the molecule is CC(O)c1ccc(N2CC=C(C(F)(F)F)CC2)cc1. The summed E-state index contributed by atoms with van der Waals surface area (Å²) >= 11 is 0. The maximum Gasteiger partial charge on any atom is 0.412 e. The van der Waals surface area contributed by atoms with Gasteiger partial charge in [0.2, 0.25) is 0 Å². The number of anilines is 1. The van der Waals surface area contributed by atoms with Gasteiger partial charge in [-0.2, -0.15) is 13.2 Å². The van der Waals surface area contributed by atoms with Crippen LogP contribution in [0.4, 0.5) is 18.9 Å². The third-order valence-corrected chi connectivity index (χ3v) is 3.31. The van der Waals surface area contributed by atoms with Crippen molar-refractivity contribution in [2.24, 2.45) is 0 Å². The Kier molecular flexibility index (Phi) is 3.85. The Morgan fingerprint density at radius 2 is 1.84 bits per heavy atom. The van der Waals surface area contributed by atoms with E-state index >= 15 is 0 Å². The number of nitrogens with zero attached hydrogens (tertiary/aromatic N) is 1. The second-order valence-corrected chi connectivity index (χ2v) is 4.69. The molecule has 0 aromatic heterocycles. The van der Waals surface area contributed by atoms with Crippen molar-refractivity contribution in [2.45, 2.75) is 25.6 Å². The lowest BCUT2D eigenvalue weighted by Gasteiger charge is -2.29. The van der Waals surface area contributed by atoms with E-state index in [-0.39, 0.29) is 13.0 Å². The monoisotopic (exact) mass is 271 g/mol. The molecule has 1 N–H and O–H groups in total. The van der Waals surface area contributed by atoms with Crippen LogP contribution in [-0.2, 0) is 0 Å². The molecule has 1 heterocycles. The van der Waals surface area contributed by atoms with Crippen LogP contribution in [0.5, 0.6) is 0 Å². The topological polar surface area (TPSA) is 23.5 Å². The van der Waals surface area contributed by atoms with E-state index in [0.29, 0.717) is 6.54 Å². The lowest BCUT2D eigenvalue weighted by atomic mass is 10.1. The Hall–Kier alpha value is -1.49. The zero-order valence-electron chi connectivity index (χ0n) is 10.6. The quantitative estimate of drug-likeness (QED) is 0.833. The summed E-state index contributed by atoms with van der Waals surface area (Å²) in [6, 6.07) is 7.24. The Labute approximate surface area is 110 Å². The predicted octanol–water partition coefficient (Wildman–Crippen LogP) is 3.44. The standard InChI is InChI=1S/C14H16F3NO/c1-10(19)11-2-4-13(5-3-11)18-8-6-12(7-9-18)14(15,16)17/h2-6,10,19H,7-9H2,1H3. The molecule has 2 nitrogen and oxygen atoms in total. The molecule has 1 aliphatic rings. The first-order valence-corrected chi connectivity index (χ1v) is 6.17. The van der Waals surface area contributed by atoms with Crippen LogP contribution in [0.1, 0.15) is 25.0 Å². The molecule has 1 aromatic carbocycles. The van der Waals surface area contributed by atoms with E-state index in [9.17, 15) is 18.3 Å². The number of benzene rings is 1. The van der Waals surface area contributed by atoms with E-state index in [2.05, 4.69) is 0 Å². The van der Waals surface area contributed by atoms with Gasteiger partial charge in [-0.05, 0) is 31.0 Å². The number of halogens is 3. The smallest absolute Gasteiger partial charge is 0.389 e. The van der Waals surface area contributed by atoms with E-state index in [1.165, 1.54) is 6.08 Å². The highest BCUT2D eigenvalue weighted by atomic mass is 19.4. The van der Waals surface area contributed by atoms with E-state index in [1.807, 2.05) is 17.0 Å². The number of aliphatic hydroxyl groups excluding tert-OH is 1. The lowest BCUT2D eigenvalue weighted by Crippen LogP contribution is -2.31. The molecule has 0 bridgehead atoms. The average Bonchev–Trinajstić information content (AvgIpc) is 2.38. The summed E-state index contributed by atoms with van der Waals surface area (Å²) in [5.41, 5.74) is 1.23. The van der Waals surface area contributed by atoms with E-state index in [4.69, 9.17) is 0 Å². The van der Waals surface area contributed by atoms with E-state index in [1.54, 1.807) is 19.1 Å². The lowest BCUT2D eigenvalue weighted by molar-refractivity contribution is -0.0943. The van der Waals surface area contributed by atoms with Crippen LogP contribution in [-0.4, -0.2) is 24.4 Å². The van der Waals surface area contributed by atoms with Gasteiger partial charge in [-0.25, -0.2) is 0 Å². The third kappa shape index (κ3) is 3.29. The first kappa shape index (κ1) is 13.9. The molecule has 1 unspecified atom stereocenters. The van der Waals surface area contributed by atoms with Gasteiger partial charge in [-0.3, -0.25) is 0 Å². The van der Waals surface area contributed by atoms with Crippen molar-refractivity contribution in [1.82, 2.24) is 0 Å². The van der Waals surface area contributed by atoms with E-state index in [0.717, 1.165) is 11.3 Å². The Morgan fingerprint density at radius 1 is 1.21 bits per heavy atom. The minimum Gasteiger partial charge on any atom is -0.389 e. The van der Waals surface area contributed by atoms with Crippen LogP contribution < -0.4 is 4.90 Å². The molecule has 1 aliphatic heterocycles. The second-order valence-electron chi connectivity index (χ2n) is 4.69. The van der Waals surface area contributed by atoms with Gasteiger partial charge < -0.3 is 10.0 Å². The summed E-state index contributed by atoms with van der Waals surface area (Å²) < 4.78 is 37.5. The summed E-state index contributed by atoms with van der Waals surface area (Å²) in [7, 11) is 0. The van der Waals surface area contributed by atoms with Gasteiger partial charge in [-0.1, -0.05) is 18.2 Å². The number of rotatable bonds is 2. The van der Waals surface area contributed by atoms with Crippen molar-refractivity contribution >= 4 is 5.69 Å². The van der Waals surface area contributed by atoms with Crippen LogP contribution in [0.3, 0.4) is 0 Å². The zero-order valence-corrected chi connectivity index (χ0v) is 10.6. The van der Waals surface area contributed by atoms with Crippen molar-refractivity contribution in [3.63, 3.8) is 0 Å². The van der Waals surface area contributed by atoms with E-state index < -0.39 is 17.9 Å². The fourth-order valence-corrected chi connectivity index (χ4v) is 2.12. The van der Waals surface area contributed by atoms with Crippen LogP contribution >= 0.6 is 0 Å². The van der Waals surface area contributed by atoms with Crippen molar-refractivity contribution in [2.75, 3.05) is 18.0 Å². The van der Waals surface area contributed by atoms with Crippen LogP contribution in [0.2, 0.25) is 0 Å². The van der Waals surface area contributed by atoms with Gasteiger partial charge in [0, 0.05) is 24.4 Å². The fraction of sp³-hybridized carbons (Fsp3) is 0.429. The molecule has 0 saturated carbocycles. The van der Waals surface area contributed by atoms with Gasteiger partial charge in [-0.15, -0.1) is 0 Å². The normalized spacial score (nSPS) is 18.2. The molecule has 0 aliphatic carbocycles. The first-order chi connectivity index (χ1) is 8.88. The number of hydrogen-bond donors (Lipinski definition) is 1. The molecule has 19 heavy (non-hydrogen) atoms. The zero-order chi connectivity index (χ0) is 14.0. The highest BCUT2D eigenvalue weighted by Crippen LogP contribution is 2.31. The molecule has 0 fully saturated rings. The van der Waals surface area contributed by atoms with Gasteiger partial charge in [0.25, 0.3) is 0 Å². The minimum absolute atomic E-state index is 0.0155. The first-order valence-electron chi connectivity index (χ1n) is 6.17. The highest BCUT2D eigenvalue weighted by Gasteiger charge is 2.34. The summed E-state index contributed by atoms with van der Waals surface area (Å²) in [4.78, 5) is 1.89. The minimum atomic E-state index is -4.21. The average molecular weight is 271 g/mol. The molecule has 5 heteroatoms. The number of hydrogen-bond acceptors (Lipinski definition) is 2. The van der Waals surface area contributed by atoms with Gasteiger partial charge in [0.1, 0.15) is 0 Å². The maximum atomic E-state index is 12.5. The molecule has 0 spiro atoms. The third-order valence-electron chi connectivity index (χ3n) is 3.31. The van der Waals surface area contributed by atoms with Gasteiger partial charge in [0.15, 0.2) is 0 Å². The molecule has 1 aromatic rings. The second kappa shape index (κ2) is 5.25. The van der Waals surface area contributed by atoms with Crippen molar-refractivity contribution in [3.05, 3.63) is 41.5 Å². The number of aliphatic hydroxyl groups is 1. The van der Waals surface area contributed by atoms with Crippen molar-refractivity contribution in [3.8, 4) is 0 Å². The molecular formula is C14H16F3NO. The Bertz CT molecular complexity index is 463. The van der Waals surface area contributed by atoms with Crippen molar-refractivity contribution < 1.29 is 18.3 Å². The Balaban J connectivity index is 2.07. The molecule has 0 saturated heterocycles. The summed E-state index contributed by atoms with van der Waals surface area (Å²) in [6.45, 7) is 2.30. The van der Waals surface area contributed by atoms with Gasteiger partial charge >= 0.3 is 6.18 Å².